The Morgan fingerprint density at radius 1 is 1.33 bits per heavy atom. The Balaban J connectivity index is 2.43. The van der Waals surface area contributed by atoms with Crippen LogP contribution in [0.2, 0.25) is 0 Å². The van der Waals surface area contributed by atoms with Gasteiger partial charge in [-0.15, -0.1) is 0 Å². The topological polar surface area (TPSA) is 47.5 Å². The van der Waals surface area contributed by atoms with E-state index >= 15 is 0 Å². The summed E-state index contributed by atoms with van der Waals surface area (Å²) >= 11 is 3.32. The summed E-state index contributed by atoms with van der Waals surface area (Å²) in [5.41, 5.74) is 0. The molecule has 102 valence electrons. The third kappa shape index (κ3) is 5.64. The van der Waals surface area contributed by atoms with Crippen LogP contribution in [0.4, 0.5) is 5.95 Å². The third-order valence-electron chi connectivity index (χ3n) is 2.21. The lowest BCUT2D eigenvalue weighted by Crippen LogP contribution is -2.24. The van der Waals surface area contributed by atoms with Gasteiger partial charge in [0.05, 0.1) is 19.8 Å². The zero-order valence-corrected chi connectivity index (χ0v) is 12.5. The zero-order valence-electron chi connectivity index (χ0n) is 10.9. The molecular formula is C12H20BrN3O2. The van der Waals surface area contributed by atoms with Gasteiger partial charge in [-0.05, 0) is 6.42 Å². The summed E-state index contributed by atoms with van der Waals surface area (Å²) in [6.45, 7) is 4.87. The molecular weight excluding hydrogens is 298 g/mol. The van der Waals surface area contributed by atoms with Gasteiger partial charge in [-0.3, -0.25) is 0 Å². The van der Waals surface area contributed by atoms with Gasteiger partial charge in [0, 0.05) is 31.2 Å². The molecule has 6 heteroatoms. The molecule has 5 nitrogen and oxygen atoms in total. The van der Waals surface area contributed by atoms with Crippen LogP contribution >= 0.6 is 15.9 Å². The number of hydrogen-bond acceptors (Lipinski definition) is 5. The van der Waals surface area contributed by atoms with E-state index in [-0.39, 0.29) is 0 Å². The molecule has 0 radical (unpaired) electrons. The molecule has 0 spiro atoms. The molecule has 0 aliphatic rings. The van der Waals surface area contributed by atoms with Gasteiger partial charge in [0.2, 0.25) is 11.8 Å². The lowest BCUT2D eigenvalue weighted by atomic mass is 10.5. The number of aromatic nitrogens is 2. The highest BCUT2D eigenvalue weighted by Gasteiger charge is 2.05. The second-order valence-corrected chi connectivity index (χ2v) is 4.56. The number of alkyl halides is 1. The minimum atomic E-state index is 0.620. The van der Waals surface area contributed by atoms with Crippen molar-refractivity contribution in [1.29, 1.82) is 0 Å². The Hall–Kier alpha value is -0.880. The minimum Gasteiger partial charge on any atom is -0.478 e. The van der Waals surface area contributed by atoms with E-state index < -0.39 is 0 Å². The van der Waals surface area contributed by atoms with Crippen molar-refractivity contribution in [3.05, 3.63) is 12.3 Å². The van der Waals surface area contributed by atoms with Crippen LogP contribution < -0.4 is 9.64 Å². The van der Waals surface area contributed by atoms with Crippen molar-refractivity contribution in [1.82, 2.24) is 9.97 Å². The molecule has 0 atom stereocenters. The van der Waals surface area contributed by atoms with Crippen molar-refractivity contribution < 1.29 is 9.47 Å². The van der Waals surface area contributed by atoms with Crippen molar-refractivity contribution in [2.45, 2.75) is 13.3 Å². The monoisotopic (exact) mass is 317 g/mol. The quantitative estimate of drug-likeness (QED) is 0.515. The molecule has 0 saturated heterocycles. The van der Waals surface area contributed by atoms with E-state index in [2.05, 4.69) is 32.8 Å². The standard InChI is InChI=1S/C12H20BrN3O2/c1-3-8-18-11-4-6-14-12(15-11)16(2)7-10-17-9-5-13/h4,6H,3,5,7-10H2,1-2H3. The van der Waals surface area contributed by atoms with Crippen LogP contribution in [0.25, 0.3) is 0 Å². The summed E-state index contributed by atoms with van der Waals surface area (Å²) in [5.74, 6) is 1.28. The number of ether oxygens (including phenoxy) is 2. The van der Waals surface area contributed by atoms with Gasteiger partial charge in [0.15, 0.2) is 0 Å². The minimum absolute atomic E-state index is 0.620. The van der Waals surface area contributed by atoms with Gasteiger partial charge in [-0.1, -0.05) is 22.9 Å². The molecule has 18 heavy (non-hydrogen) atoms. The largest absolute Gasteiger partial charge is 0.478 e. The molecule has 0 fully saturated rings. The summed E-state index contributed by atoms with van der Waals surface area (Å²) in [5, 5.41) is 0.855. The van der Waals surface area contributed by atoms with Gasteiger partial charge >= 0.3 is 0 Å². The van der Waals surface area contributed by atoms with Crippen molar-refractivity contribution >= 4 is 21.9 Å². The van der Waals surface area contributed by atoms with Gasteiger partial charge in [0.1, 0.15) is 0 Å². The Kier molecular flexibility index (Phi) is 7.68. The molecule has 0 amide bonds. The van der Waals surface area contributed by atoms with Crippen molar-refractivity contribution in [2.24, 2.45) is 0 Å². The maximum Gasteiger partial charge on any atom is 0.228 e. The molecule has 0 bridgehead atoms. The summed E-state index contributed by atoms with van der Waals surface area (Å²) in [7, 11) is 1.94. The number of hydrogen-bond donors (Lipinski definition) is 0. The Morgan fingerprint density at radius 2 is 2.17 bits per heavy atom. The Morgan fingerprint density at radius 3 is 2.89 bits per heavy atom. The van der Waals surface area contributed by atoms with Crippen molar-refractivity contribution in [3.8, 4) is 5.88 Å². The summed E-state index contributed by atoms with van der Waals surface area (Å²) in [4.78, 5) is 10.5. The van der Waals surface area contributed by atoms with Crippen LogP contribution in [0, 0.1) is 0 Å². The number of likely N-dealkylation sites (N-methyl/N-ethyl adjacent to an activating group) is 1. The highest BCUT2D eigenvalue weighted by Crippen LogP contribution is 2.11. The summed E-state index contributed by atoms with van der Waals surface area (Å²) < 4.78 is 10.9. The van der Waals surface area contributed by atoms with Gasteiger partial charge in [-0.2, -0.15) is 4.98 Å². The summed E-state index contributed by atoms with van der Waals surface area (Å²) in [6, 6.07) is 1.77. The van der Waals surface area contributed by atoms with Crippen LogP contribution in [0.1, 0.15) is 13.3 Å². The molecule has 1 rings (SSSR count). The fraction of sp³-hybridized carbons (Fsp3) is 0.667. The van der Waals surface area contributed by atoms with E-state index in [1.165, 1.54) is 0 Å². The van der Waals surface area contributed by atoms with Crippen molar-refractivity contribution in [3.63, 3.8) is 0 Å². The van der Waals surface area contributed by atoms with Gasteiger partial charge < -0.3 is 14.4 Å². The first-order valence-electron chi connectivity index (χ1n) is 6.08. The molecule has 1 aromatic rings. The highest BCUT2D eigenvalue weighted by molar-refractivity contribution is 9.09. The molecule has 0 saturated carbocycles. The number of nitrogens with zero attached hydrogens (tertiary/aromatic N) is 3. The average molecular weight is 318 g/mol. The average Bonchev–Trinajstić information content (AvgIpc) is 2.41. The van der Waals surface area contributed by atoms with Crippen LogP contribution in [0.5, 0.6) is 5.88 Å². The molecule has 1 heterocycles. The first-order valence-corrected chi connectivity index (χ1v) is 7.20. The number of halogens is 1. The molecule has 0 aromatic carbocycles. The smallest absolute Gasteiger partial charge is 0.228 e. The van der Waals surface area contributed by atoms with E-state index in [0.29, 0.717) is 31.6 Å². The van der Waals surface area contributed by atoms with Crippen LogP contribution in [-0.2, 0) is 4.74 Å². The summed E-state index contributed by atoms with van der Waals surface area (Å²) in [6.07, 6.45) is 2.68. The Labute approximate surface area is 117 Å². The van der Waals surface area contributed by atoms with Crippen LogP contribution in [-0.4, -0.2) is 48.7 Å². The lowest BCUT2D eigenvalue weighted by molar-refractivity contribution is 0.157. The molecule has 0 aliphatic carbocycles. The lowest BCUT2D eigenvalue weighted by Gasteiger charge is -2.17. The maximum atomic E-state index is 5.47. The first kappa shape index (κ1) is 15.2. The predicted octanol–water partition coefficient (Wildman–Crippen LogP) is 2.11. The number of rotatable bonds is 9. The fourth-order valence-electron chi connectivity index (χ4n) is 1.26. The van der Waals surface area contributed by atoms with Gasteiger partial charge in [-0.25, -0.2) is 4.98 Å². The van der Waals surface area contributed by atoms with Crippen LogP contribution in [0.15, 0.2) is 12.3 Å². The fourth-order valence-corrected chi connectivity index (χ4v) is 1.49. The van der Waals surface area contributed by atoms with E-state index in [1.54, 1.807) is 12.3 Å². The van der Waals surface area contributed by atoms with Crippen molar-refractivity contribution in [2.75, 3.05) is 43.6 Å². The number of anilines is 1. The SMILES string of the molecule is CCCOc1ccnc(N(C)CCOCCBr)n1. The van der Waals surface area contributed by atoms with E-state index in [1.807, 2.05) is 11.9 Å². The molecule has 0 N–H and O–H groups in total. The zero-order chi connectivity index (χ0) is 13.2. The van der Waals surface area contributed by atoms with E-state index in [4.69, 9.17) is 9.47 Å². The predicted molar refractivity (Wildman–Crippen MR) is 75.7 cm³/mol. The van der Waals surface area contributed by atoms with E-state index in [9.17, 15) is 0 Å². The molecule has 0 unspecified atom stereocenters. The first-order chi connectivity index (χ1) is 8.77. The normalized spacial score (nSPS) is 10.4. The third-order valence-corrected chi connectivity index (χ3v) is 2.53. The molecule has 1 aromatic heterocycles. The van der Waals surface area contributed by atoms with E-state index in [0.717, 1.165) is 18.3 Å². The molecule has 0 aliphatic heterocycles. The van der Waals surface area contributed by atoms with Gasteiger partial charge in [0.25, 0.3) is 0 Å². The second kappa shape index (κ2) is 9.10. The Bertz CT molecular complexity index is 339. The second-order valence-electron chi connectivity index (χ2n) is 3.77. The highest BCUT2D eigenvalue weighted by atomic mass is 79.9. The van der Waals surface area contributed by atoms with Crippen LogP contribution in [0.3, 0.4) is 0 Å². The maximum absolute atomic E-state index is 5.47.